The number of aryl methyl sites for hydroxylation is 1. The Morgan fingerprint density at radius 1 is 0.941 bits per heavy atom. The summed E-state index contributed by atoms with van der Waals surface area (Å²) in [6.45, 7) is 2.08. The average molecular weight is 303 g/mol. The normalized spacial score (nSPS) is 9.12. The van der Waals surface area contributed by atoms with Crippen molar-refractivity contribution < 1.29 is 112 Å². The molecule has 0 saturated carbocycles. The zero-order valence-electron chi connectivity index (χ0n) is 10.3. The molecular formula is C7H8Na3O5P2+3. The van der Waals surface area contributed by atoms with Gasteiger partial charge in [0.2, 0.25) is 0 Å². The second kappa shape index (κ2) is 18.3. The minimum absolute atomic E-state index is 0. The molecule has 0 aliphatic carbocycles. The molecule has 5 nitrogen and oxygen atoms in total. The molecule has 0 radical (unpaired) electrons. The van der Waals surface area contributed by atoms with Crippen molar-refractivity contribution in [2.45, 2.75) is 6.92 Å². The van der Waals surface area contributed by atoms with E-state index in [0.717, 1.165) is 0 Å². The Morgan fingerprint density at radius 2 is 1.29 bits per heavy atom. The van der Waals surface area contributed by atoms with Gasteiger partial charge in [0.25, 0.3) is 0 Å². The van der Waals surface area contributed by atoms with Crippen LogP contribution in [0.25, 0.3) is 0 Å². The third-order valence-electron chi connectivity index (χ3n) is 1.07. The van der Waals surface area contributed by atoms with Gasteiger partial charge in [-0.2, -0.15) is 0 Å². The van der Waals surface area contributed by atoms with Crippen LogP contribution in [0.5, 0.6) is 0 Å². The fraction of sp³-hybridized carbons (Fsp3) is 0.143. The Bertz CT molecular complexity index is 300. The zero-order valence-corrected chi connectivity index (χ0v) is 18.1. The second-order valence-corrected chi connectivity index (χ2v) is 3.73. The van der Waals surface area contributed by atoms with Crippen LogP contribution in [0.15, 0.2) is 30.3 Å². The van der Waals surface area contributed by atoms with Crippen LogP contribution in [-0.2, 0) is 13.4 Å². The van der Waals surface area contributed by atoms with Gasteiger partial charge in [0.05, 0.1) is 0 Å². The van der Waals surface area contributed by atoms with Crippen LogP contribution < -0.4 is 98.5 Å². The maximum Gasteiger partial charge on any atom is 1.00 e. The average Bonchev–Trinajstić information content (AvgIpc) is 2.03. The Kier molecular flexibility index (Phi) is 29.7. The van der Waals surface area contributed by atoms with E-state index >= 15 is 0 Å². The number of benzene rings is 1. The van der Waals surface area contributed by atoms with E-state index in [0.29, 0.717) is 0 Å². The molecule has 0 aliphatic rings. The van der Waals surface area contributed by atoms with Crippen LogP contribution in [0.1, 0.15) is 5.56 Å². The molecule has 10 heteroatoms. The van der Waals surface area contributed by atoms with Crippen molar-refractivity contribution in [1.29, 1.82) is 0 Å². The summed E-state index contributed by atoms with van der Waals surface area (Å²) in [7, 11) is -6.47. The Morgan fingerprint density at radius 3 is 1.41 bits per heavy atom. The molecule has 0 aromatic heterocycles. The molecule has 0 heterocycles. The summed E-state index contributed by atoms with van der Waals surface area (Å²) in [5, 5.41) is 0. The first-order chi connectivity index (χ1) is 6.52. The van der Waals surface area contributed by atoms with Crippen molar-refractivity contribution in [3.8, 4) is 0 Å². The van der Waals surface area contributed by atoms with E-state index < -0.39 is 16.5 Å². The largest absolute Gasteiger partial charge is 1.00 e. The topological polar surface area (TPSA) is 89.5 Å². The molecule has 1 aromatic carbocycles. The van der Waals surface area contributed by atoms with Gasteiger partial charge in [-0.25, -0.2) is 0 Å². The van der Waals surface area contributed by atoms with Crippen molar-refractivity contribution in [3.63, 3.8) is 0 Å². The van der Waals surface area contributed by atoms with Crippen LogP contribution in [0, 0.1) is 6.92 Å². The molecule has 2 unspecified atom stereocenters. The first kappa shape index (κ1) is 27.6. The summed E-state index contributed by atoms with van der Waals surface area (Å²) >= 11 is 0. The fourth-order valence-electron chi connectivity index (χ4n) is 0.589. The third kappa shape index (κ3) is 23.8. The van der Waals surface area contributed by atoms with E-state index in [1.165, 1.54) is 5.56 Å². The smallest absolute Gasteiger partial charge is 0.563 e. The molecule has 0 bridgehead atoms. The summed E-state index contributed by atoms with van der Waals surface area (Å²) in [6.07, 6.45) is 0. The van der Waals surface area contributed by atoms with Crippen molar-refractivity contribution in [3.05, 3.63) is 35.9 Å². The van der Waals surface area contributed by atoms with E-state index in [-0.39, 0.29) is 88.7 Å². The SMILES string of the molecule is Cc1ccccc1.O=[P+]([O-])O[P+](=O)[O-].[Na+].[Na+].[Na+]. The van der Waals surface area contributed by atoms with Gasteiger partial charge in [0.15, 0.2) is 0 Å². The van der Waals surface area contributed by atoms with Gasteiger partial charge < -0.3 is 9.79 Å². The van der Waals surface area contributed by atoms with Gasteiger partial charge in [0, 0.05) is 0 Å². The quantitative estimate of drug-likeness (QED) is 0.400. The standard InChI is InChI=1S/C7H8.3Na.O5P2/c1-7-5-3-2-4-6-7;;;;1-6(2)5-7(3)4/h2-6H,1H3;;;;/q;3*+1;. The first-order valence-corrected chi connectivity index (χ1v) is 5.70. The van der Waals surface area contributed by atoms with E-state index in [2.05, 4.69) is 23.4 Å². The summed E-state index contributed by atoms with van der Waals surface area (Å²) in [4.78, 5) is 18.5. The summed E-state index contributed by atoms with van der Waals surface area (Å²) < 4.78 is 21.6. The summed E-state index contributed by atoms with van der Waals surface area (Å²) in [5.74, 6) is 0. The van der Waals surface area contributed by atoms with Crippen molar-refractivity contribution in [2.75, 3.05) is 0 Å². The van der Waals surface area contributed by atoms with Crippen LogP contribution >= 0.6 is 16.5 Å². The molecule has 0 spiro atoms. The molecular weight excluding hydrogens is 295 g/mol. The fourth-order valence-corrected chi connectivity index (χ4v) is 1.02. The molecule has 1 rings (SSSR count). The molecule has 0 saturated heterocycles. The van der Waals surface area contributed by atoms with E-state index in [1.807, 2.05) is 18.2 Å². The molecule has 76 valence electrons. The van der Waals surface area contributed by atoms with Gasteiger partial charge in [-0.15, -0.1) is 0 Å². The maximum atomic E-state index is 9.24. The third-order valence-corrected chi connectivity index (χ3v) is 2.14. The van der Waals surface area contributed by atoms with Crippen LogP contribution in [0.3, 0.4) is 0 Å². The maximum absolute atomic E-state index is 9.24. The van der Waals surface area contributed by atoms with Crippen molar-refractivity contribution in [2.24, 2.45) is 0 Å². The predicted octanol–water partition coefficient (Wildman–Crippen LogP) is -7.95. The van der Waals surface area contributed by atoms with Gasteiger partial charge >= 0.3 is 105 Å². The monoisotopic (exact) mass is 303 g/mol. The van der Waals surface area contributed by atoms with Gasteiger partial charge in [-0.3, -0.25) is 0 Å². The van der Waals surface area contributed by atoms with E-state index in [1.54, 1.807) is 0 Å². The Hall–Kier alpha value is 2.30. The predicted molar refractivity (Wildman–Crippen MR) is 47.5 cm³/mol. The van der Waals surface area contributed by atoms with Crippen LogP contribution in [0.2, 0.25) is 0 Å². The molecule has 0 N–H and O–H groups in total. The number of hydrogen-bond donors (Lipinski definition) is 0. The van der Waals surface area contributed by atoms with Gasteiger partial charge in [-0.05, 0) is 16.1 Å². The number of rotatable bonds is 2. The van der Waals surface area contributed by atoms with Crippen molar-refractivity contribution in [1.82, 2.24) is 0 Å². The van der Waals surface area contributed by atoms with Crippen LogP contribution in [0.4, 0.5) is 0 Å². The molecule has 0 amide bonds. The van der Waals surface area contributed by atoms with Gasteiger partial charge in [-0.1, -0.05) is 35.9 Å². The van der Waals surface area contributed by atoms with Crippen molar-refractivity contribution >= 4 is 16.5 Å². The molecule has 2 atom stereocenters. The Labute approximate surface area is 169 Å². The first-order valence-electron chi connectivity index (χ1n) is 3.51. The molecule has 0 aliphatic heterocycles. The second-order valence-electron chi connectivity index (χ2n) is 2.18. The number of hydrogen-bond acceptors (Lipinski definition) is 5. The minimum atomic E-state index is -3.24. The van der Waals surface area contributed by atoms with Crippen LogP contribution in [-0.4, -0.2) is 0 Å². The van der Waals surface area contributed by atoms with E-state index in [4.69, 9.17) is 0 Å². The minimum Gasteiger partial charge on any atom is -0.563 e. The molecule has 1 aromatic rings. The van der Waals surface area contributed by atoms with E-state index in [9.17, 15) is 18.9 Å². The zero-order chi connectivity index (χ0) is 11.0. The molecule has 0 fully saturated rings. The Balaban J connectivity index is -0.0000000845. The summed E-state index contributed by atoms with van der Waals surface area (Å²) in [6, 6.07) is 10.3. The molecule has 17 heavy (non-hydrogen) atoms. The summed E-state index contributed by atoms with van der Waals surface area (Å²) in [5.41, 5.74) is 1.32. The van der Waals surface area contributed by atoms with Gasteiger partial charge in [0.1, 0.15) is 4.31 Å².